The van der Waals surface area contributed by atoms with Crippen molar-refractivity contribution >= 4 is 0 Å². The van der Waals surface area contributed by atoms with Crippen molar-refractivity contribution in [2.75, 3.05) is 0 Å². The zero-order valence-electron chi connectivity index (χ0n) is 8.61. The van der Waals surface area contributed by atoms with Gasteiger partial charge in [0.05, 0.1) is 11.4 Å². The van der Waals surface area contributed by atoms with E-state index in [4.69, 9.17) is 4.52 Å². The molecule has 2 heterocycles. The molecule has 0 N–H and O–H groups in total. The van der Waals surface area contributed by atoms with Crippen LogP contribution in [0.15, 0.2) is 16.8 Å². The first-order valence-electron chi connectivity index (χ1n) is 4.56. The van der Waals surface area contributed by atoms with Crippen LogP contribution in [0.5, 0.6) is 0 Å². The van der Waals surface area contributed by atoms with Crippen LogP contribution >= 0.6 is 0 Å². The number of aromatic nitrogens is 3. The molecule has 0 aliphatic heterocycles. The average Bonchev–Trinajstić information content (AvgIpc) is 2.61. The molecule has 0 saturated carbocycles. The summed E-state index contributed by atoms with van der Waals surface area (Å²) in [7, 11) is 1.92. The van der Waals surface area contributed by atoms with Crippen LogP contribution in [0.1, 0.15) is 22.7 Å². The van der Waals surface area contributed by atoms with Gasteiger partial charge in [-0.05, 0) is 19.4 Å². The molecule has 2 aromatic heterocycles. The highest BCUT2D eigenvalue weighted by atomic mass is 16.5. The van der Waals surface area contributed by atoms with E-state index in [1.54, 1.807) is 0 Å². The van der Waals surface area contributed by atoms with E-state index < -0.39 is 0 Å². The maximum absolute atomic E-state index is 5.01. The quantitative estimate of drug-likeness (QED) is 0.724. The Balaban J connectivity index is 2.22. The topological polar surface area (TPSA) is 43.9 Å². The van der Waals surface area contributed by atoms with Gasteiger partial charge in [0.2, 0.25) is 0 Å². The Morgan fingerprint density at radius 2 is 2.21 bits per heavy atom. The standard InChI is InChI=1S/C10H13N3O/c1-7-4-10(12-14-7)5-9-6-13(3)11-8(9)2/h4,6H,5H2,1-3H3. The molecule has 0 unspecified atom stereocenters. The van der Waals surface area contributed by atoms with E-state index in [1.165, 1.54) is 5.56 Å². The Kier molecular flexibility index (Phi) is 2.11. The Hall–Kier alpha value is -1.58. The van der Waals surface area contributed by atoms with Gasteiger partial charge in [0.1, 0.15) is 5.76 Å². The SMILES string of the molecule is Cc1cc(Cc2cn(C)nc2C)no1. The maximum Gasteiger partial charge on any atom is 0.133 e. The Labute approximate surface area is 82.5 Å². The van der Waals surface area contributed by atoms with Crippen LogP contribution < -0.4 is 0 Å². The molecule has 0 amide bonds. The van der Waals surface area contributed by atoms with Crippen molar-refractivity contribution in [2.24, 2.45) is 7.05 Å². The van der Waals surface area contributed by atoms with Gasteiger partial charge in [0.25, 0.3) is 0 Å². The van der Waals surface area contributed by atoms with E-state index in [9.17, 15) is 0 Å². The third-order valence-electron chi connectivity index (χ3n) is 2.16. The second-order valence-corrected chi connectivity index (χ2v) is 3.52. The second kappa shape index (κ2) is 3.29. The van der Waals surface area contributed by atoms with Crippen molar-refractivity contribution in [1.82, 2.24) is 14.9 Å². The monoisotopic (exact) mass is 191 g/mol. The molecule has 0 fully saturated rings. The highest BCUT2D eigenvalue weighted by Gasteiger charge is 2.07. The average molecular weight is 191 g/mol. The molecule has 74 valence electrons. The van der Waals surface area contributed by atoms with Crippen molar-refractivity contribution in [2.45, 2.75) is 20.3 Å². The molecule has 0 atom stereocenters. The summed E-state index contributed by atoms with van der Waals surface area (Å²) in [5.41, 5.74) is 3.20. The molecule has 0 bridgehead atoms. The predicted molar refractivity (Wildman–Crippen MR) is 52.0 cm³/mol. The van der Waals surface area contributed by atoms with Crippen molar-refractivity contribution < 1.29 is 4.52 Å². The van der Waals surface area contributed by atoms with Crippen LogP contribution in [0.2, 0.25) is 0 Å². The lowest BCUT2D eigenvalue weighted by Gasteiger charge is -1.91. The number of hydrogen-bond acceptors (Lipinski definition) is 3. The van der Waals surface area contributed by atoms with Crippen LogP contribution in [0.3, 0.4) is 0 Å². The van der Waals surface area contributed by atoms with E-state index >= 15 is 0 Å². The number of rotatable bonds is 2. The highest BCUT2D eigenvalue weighted by Crippen LogP contribution is 2.12. The van der Waals surface area contributed by atoms with Crippen molar-refractivity contribution in [3.8, 4) is 0 Å². The fraction of sp³-hybridized carbons (Fsp3) is 0.400. The maximum atomic E-state index is 5.01. The smallest absolute Gasteiger partial charge is 0.133 e. The summed E-state index contributed by atoms with van der Waals surface area (Å²) in [4.78, 5) is 0. The van der Waals surface area contributed by atoms with Gasteiger partial charge in [-0.3, -0.25) is 4.68 Å². The summed E-state index contributed by atoms with van der Waals surface area (Å²) < 4.78 is 6.82. The first kappa shape index (κ1) is 8.99. The van der Waals surface area contributed by atoms with E-state index in [0.29, 0.717) is 0 Å². The predicted octanol–water partition coefficient (Wildman–Crippen LogP) is 1.62. The third-order valence-corrected chi connectivity index (χ3v) is 2.16. The van der Waals surface area contributed by atoms with Gasteiger partial charge < -0.3 is 4.52 Å². The molecule has 0 aliphatic rings. The second-order valence-electron chi connectivity index (χ2n) is 3.52. The number of hydrogen-bond donors (Lipinski definition) is 0. The summed E-state index contributed by atoms with van der Waals surface area (Å²) in [5.74, 6) is 0.849. The van der Waals surface area contributed by atoms with Gasteiger partial charge in [-0.25, -0.2) is 0 Å². The fourth-order valence-electron chi connectivity index (χ4n) is 1.52. The van der Waals surface area contributed by atoms with Gasteiger partial charge in [0, 0.05) is 25.7 Å². The Bertz CT molecular complexity index is 442. The lowest BCUT2D eigenvalue weighted by atomic mass is 10.1. The van der Waals surface area contributed by atoms with Gasteiger partial charge in [-0.1, -0.05) is 5.16 Å². The van der Waals surface area contributed by atoms with E-state index in [0.717, 1.165) is 23.6 Å². The largest absolute Gasteiger partial charge is 0.361 e. The van der Waals surface area contributed by atoms with Crippen LogP contribution in [-0.2, 0) is 13.5 Å². The first-order valence-corrected chi connectivity index (χ1v) is 4.56. The summed E-state index contributed by atoms with van der Waals surface area (Å²) in [6, 6.07) is 1.95. The van der Waals surface area contributed by atoms with Crippen molar-refractivity contribution in [3.63, 3.8) is 0 Å². The van der Waals surface area contributed by atoms with E-state index in [2.05, 4.69) is 10.3 Å². The Morgan fingerprint density at radius 3 is 2.71 bits per heavy atom. The molecule has 4 nitrogen and oxygen atoms in total. The minimum atomic E-state index is 0.789. The molecule has 0 aliphatic carbocycles. The molecular formula is C10H13N3O. The molecule has 0 radical (unpaired) electrons. The zero-order chi connectivity index (χ0) is 10.1. The molecule has 2 rings (SSSR count). The van der Waals surface area contributed by atoms with Gasteiger partial charge >= 0.3 is 0 Å². The molecule has 4 heteroatoms. The summed E-state index contributed by atoms with van der Waals surface area (Å²) in [6.45, 7) is 3.90. The van der Waals surface area contributed by atoms with Gasteiger partial charge in [-0.15, -0.1) is 0 Å². The van der Waals surface area contributed by atoms with Gasteiger partial charge in [-0.2, -0.15) is 5.10 Å². The Morgan fingerprint density at radius 1 is 1.43 bits per heavy atom. The lowest BCUT2D eigenvalue weighted by Crippen LogP contribution is -1.88. The number of nitrogens with zero attached hydrogens (tertiary/aromatic N) is 3. The molecule has 0 spiro atoms. The van der Waals surface area contributed by atoms with Gasteiger partial charge in [0.15, 0.2) is 0 Å². The molecule has 14 heavy (non-hydrogen) atoms. The third kappa shape index (κ3) is 1.69. The molecule has 2 aromatic rings. The normalized spacial score (nSPS) is 10.8. The highest BCUT2D eigenvalue weighted by molar-refractivity contribution is 5.22. The zero-order valence-corrected chi connectivity index (χ0v) is 8.61. The van der Waals surface area contributed by atoms with Crippen LogP contribution in [0, 0.1) is 13.8 Å². The van der Waals surface area contributed by atoms with Crippen LogP contribution in [0.25, 0.3) is 0 Å². The van der Waals surface area contributed by atoms with Crippen molar-refractivity contribution in [1.29, 1.82) is 0 Å². The summed E-state index contributed by atoms with van der Waals surface area (Å²) >= 11 is 0. The van der Waals surface area contributed by atoms with E-state index in [1.807, 2.05) is 37.8 Å². The van der Waals surface area contributed by atoms with E-state index in [-0.39, 0.29) is 0 Å². The first-order chi connectivity index (χ1) is 6.65. The number of aryl methyl sites for hydroxylation is 3. The fourth-order valence-corrected chi connectivity index (χ4v) is 1.52. The van der Waals surface area contributed by atoms with Crippen LogP contribution in [-0.4, -0.2) is 14.9 Å². The minimum Gasteiger partial charge on any atom is -0.361 e. The molecule has 0 aromatic carbocycles. The van der Waals surface area contributed by atoms with Crippen molar-refractivity contribution in [3.05, 3.63) is 35.0 Å². The summed E-state index contributed by atoms with van der Waals surface area (Å²) in [6.07, 6.45) is 2.80. The molecule has 0 saturated heterocycles. The summed E-state index contributed by atoms with van der Waals surface area (Å²) in [5, 5.41) is 8.22. The van der Waals surface area contributed by atoms with Crippen LogP contribution in [0.4, 0.5) is 0 Å². The minimum absolute atomic E-state index is 0.789. The molecular weight excluding hydrogens is 178 g/mol. The lowest BCUT2D eigenvalue weighted by molar-refractivity contribution is 0.391.